The molecule has 3 saturated heterocycles. The van der Waals surface area contributed by atoms with E-state index in [9.17, 15) is 4.79 Å². The van der Waals surface area contributed by atoms with E-state index >= 15 is 0 Å². The van der Waals surface area contributed by atoms with E-state index in [1.807, 2.05) is 13.8 Å². The van der Waals surface area contributed by atoms with Gasteiger partial charge in [-0.25, -0.2) is 4.79 Å². The van der Waals surface area contributed by atoms with E-state index < -0.39 is 29.4 Å². The Morgan fingerprint density at radius 3 is 2.64 bits per heavy atom. The molecule has 0 aromatic carbocycles. The predicted molar refractivity (Wildman–Crippen MR) is 73.7 cm³/mol. The van der Waals surface area contributed by atoms with Gasteiger partial charge in [0, 0.05) is 6.08 Å². The highest BCUT2D eigenvalue weighted by Crippen LogP contribution is 2.47. The molecule has 1 unspecified atom stereocenters. The molecule has 0 aliphatic carbocycles. The second kappa shape index (κ2) is 5.01. The lowest BCUT2D eigenvalue weighted by atomic mass is 9.97. The van der Waals surface area contributed by atoms with Crippen LogP contribution in [0.3, 0.4) is 0 Å². The Hall–Kier alpha value is -0.990. The molecule has 3 fully saturated rings. The van der Waals surface area contributed by atoms with Gasteiger partial charge in [0.25, 0.3) is 0 Å². The summed E-state index contributed by atoms with van der Waals surface area (Å²) in [4.78, 5) is 11.4. The zero-order valence-electron chi connectivity index (χ0n) is 13.3. The number of carbonyl (C=O) groups is 1. The number of hydrogen-bond donors (Lipinski definition) is 0. The van der Waals surface area contributed by atoms with Crippen LogP contribution in [0.4, 0.5) is 0 Å². The first-order valence-corrected chi connectivity index (χ1v) is 7.33. The molecule has 0 aromatic heterocycles. The summed E-state index contributed by atoms with van der Waals surface area (Å²) in [6.45, 7) is 10.8. The number of hydrogen-bond acceptors (Lipinski definition) is 7. The quantitative estimate of drug-likeness (QED) is 0.571. The van der Waals surface area contributed by atoms with E-state index in [0.717, 1.165) is 6.08 Å². The Bertz CT molecular complexity index is 486. The molecule has 0 spiro atoms. The molecule has 3 rings (SSSR count). The molecule has 3 heterocycles. The summed E-state index contributed by atoms with van der Waals surface area (Å²) in [6.07, 6.45) is -0.0643. The highest BCUT2D eigenvalue weighted by atomic mass is 16.9. The van der Waals surface area contributed by atoms with Crippen molar-refractivity contribution in [2.45, 2.75) is 63.4 Å². The van der Waals surface area contributed by atoms with Crippen molar-refractivity contribution in [1.82, 2.24) is 0 Å². The van der Waals surface area contributed by atoms with Crippen LogP contribution in [-0.4, -0.2) is 54.9 Å². The lowest BCUT2D eigenvalue weighted by Crippen LogP contribution is -2.60. The number of esters is 1. The maximum Gasteiger partial charge on any atom is 0.330 e. The van der Waals surface area contributed by atoms with E-state index in [4.69, 9.17) is 28.4 Å². The van der Waals surface area contributed by atoms with Crippen molar-refractivity contribution in [3.63, 3.8) is 0 Å². The lowest BCUT2D eigenvalue weighted by Gasteiger charge is -2.40. The van der Waals surface area contributed by atoms with Crippen molar-refractivity contribution in [3.05, 3.63) is 12.7 Å². The van der Waals surface area contributed by atoms with Gasteiger partial charge in [0.2, 0.25) is 5.79 Å². The van der Waals surface area contributed by atoms with Crippen LogP contribution in [0, 0.1) is 0 Å². The fourth-order valence-electron chi connectivity index (χ4n) is 3.18. The van der Waals surface area contributed by atoms with Crippen LogP contribution in [0.15, 0.2) is 12.7 Å². The van der Waals surface area contributed by atoms with E-state index in [1.54, 1.807) is 13.8 Å². The monoisotopic (exact) mass is 314 g/mol. The van der Waals surface area contributed by atoms with Gasteiger partial charge in [-0.15, -0.1) is 0 Å². The van der Waals surface area contributed by atoms with Crippen LogP contribution < -0.4 is 0 Å². The third-order valence-corrected chi connectivity index (χ3v) is 3.86. The Morgan fingerprint density at radius 1 is 1.23 bits per heavy atom. The first-order chi connectivity index (χ1) is 10.2. The average Bonchev–Trinajstić information content (AvgIpc) is 2.87. The van der Waals surface area contributed by atoms with Gasteiger partial charge in [0.05, 0.1) is 6.61 Å². The molecule has 3 aliphatic heterocycles. The molecule has 4 atom stereocenters. The molecule has 0 amide bonds. The standard InChI is InChI=1S/C15H22O7/c1-6-10(16)17-8-15-12(21-14(4,5)22-15)11-9(7-18-15)19-13(2,3)20-11/h6,9,11-12H,1,7-8H2,2-5H3/t9-,11-,12+,15?/m1/s1. The van der Waals surface area contributed by atoms with Crippen molar-refractivity contribution < 1.29 is 33.2 Å². The fraction of sp³-hybridized carbons (Fsp3) is 0.800. The summed E-state index contributed by atoms with van der Waals surface area (Å²) < 4.78 is 34.7. The van der Waals surface area contributed by atoms with Gasteiger partial charge >= 0.3 is 5.97 Å². The molecule has 0 radical (unpaired) electrons. The molecule has 0 N–H and O–H groups in total. The summed E-state index contributed by atoms with van der Waals surface area (Å²) in [5, 5.41) is 0. The van der Waals surface area contributed by atoms with Crippen LogP contribution in [0.1, 0.15) is 27.7 Å². The zero-order valence-corrected chi connectivity index (χ0v) is 13.3. The van der Waals surface area contributed by atoms with Crippen LogP contribution in [-0.2, 0) is 33.2 Å². The molecule has 22 heavy (non-hydrogen) atoms. The van der Waals surface area contributed by atoms with E-state index in [2.05, 4.69) is 6.58 Å². The number of carbonyl (C=O) groups excluding carboxylic acids is 1. The number of fused-ring (bicyclic) bond motifs is 3. The van der Waals surface area contributed by atoms with Gasteiger partial charge in [-0.1, -0.05) is 6.58 Å². The maximum absolute atomic E-state index is 11.4. The highest BCUT2D eigenvalue weighted by Gasteiger charge is 2.65. The summed E-state index contributed by atoms with van der Waals surface area (Å²) in [6, 6.07) is 0. The Balaban J connectivity index is 1.84. The van der Waals surface area contributed by atoms with Gasteiger partial charge in [0.15, 0.2) is 11.6 Å². The van der Waals surface area contributed by atoms with Crippen molar-refractivity contribution in [2.24, 2.45) is 0 Å². The second-order valence-corrected chi connectivity index (χ2v) is 6.61. The molecule has 7 heteroatoms. The van der Waals surface area contributed by atoms with Crippen LogP contribution in [0.25, 0.3) is 0 Å². The van der Waals surface area contributed by atoms with Gasteiger partial charge in [-0.2, -0.15) is 0 Å². The molecule has 0 bridgehead atoms. The topological polar surface area (TPSA) is 72.5 Å². The largest absolute Gasteiger partial charge is 0.457 e. The minimum Gasteiger partial charge on any atom is -0.457 e. The highest BCUT2D eigenvalue weighted by molar-refractivity contribution is 5.81. The Labute approximate surface area is 129 Å². The average molecular weight is 314 g/mol. The minimum atomic E-state index is -1.20. The summed E-state index contributed by atoms with van der Waals surface area (Å²) in [5.74, 6) is -3.34. The first-order valence-electron chi connectivity index (χ1n) is 7.33. The SMILES string of the molecule is C=CC(=O)OCC12OC[C@H]3OC(C)(C)O[C@H]3[C@@H]1OC(C)(C)O2. The van der Waals surface area contributed by atoms with Crippen LogP contribution in [0.5, 0.6) is 0 Å². The molecule has 0 saturated carbocycles. The summed E-state index contributed by atoms with van der Waals surface area (Å²) >= 11 is 0. The van der Waals surface area contributed by atoms with Crippen molar-refractivity contribution in [2.75, 3.05) is 13.2 Å². The minimum absolute atomic E-state index is 0.0983. The summed E-state index contributed by atoms with van der Waals surface area (Å²) in [7, 11) is 0. The van der Waals surface area contributed by atoms with Gasteiger partial charge < -0.3 is 28.4 Å². The Kier molecular flexibility index (Phi) is 3.61. The molecular formula is C15H22O7. The molecule has 7 nitrogen and oxygen atoms in total. The molecule has 124 valence electrons. The lowest BCUT2D eigenvalue weighted by molar-refractivity contribution is -0.295. The predicted octanol–water partition coefficient (Wildman–Crippen LogP) is 1.11. The van der Waals surface area contributed by atoms with Crippen LogP contribution >= 0.6 is 0 Å². The first kappa shape index (κ1) is 15.9. The van der Waals surface area contributed by atoms with Crippen molar-refractivity contribution >= 4 is 5.97 Å². The zero-order chi connectivity index (χ0) is 16.2. The third kappa shape index (κ3) is 2.68. The van der Waals surface area contributed by atoms with E-state index in [-0.39, 0.29) is 25.4 Å². The number of ether oxygens (including phenoxy) is 6. The number of rotatable bonds is 3. The van der Waals surface area contributed by atoms with Crippen LogP contribution in [0.2, 0.25) is 0 Å². The second-order valence-electron chi connectivity index (χ2n) is 6.61. The summed E-state index contributed by atoms with van der Waals surface area (Å²) in [5.41, 5.74) is 0. The molecule has 0 aromatic rings. The molecular weight excluding hydrogens is 292 g/mol. The third-order valence-electron chi connectivity index (χ3n) is 3.86. The van der Waals surface area contributed by atoms with Crippen molar-refractivity contribution in [1.29, 1.82) is 0 Å². The van der Waals surface area contributed by atoms with Gasteiger partial charge in [-0.3, -0.25) is 0 Å². The normalized spacial score (nSPS) is 41.5. The fourth-order valence-corrected chi connectivity index (χ4v) is 3.18. The van der Waals surface area contributed by atoms with Gasteiger partial charge in [0.1, 0.15) is 24.9 Å². The smallest absolute Gasteiger partial charge is 0.330 e. The van der Waals surface area contributed by atoms with Gasteiger partial charge in [-0.05, 0) is 27.7 Å². The Morgan fingerprint density at radius 2 is 1.95 bits per heavy atom. The molecule has 3 aliphatic rings. The van der Waals surface area contributed by atoms with E-state index in [1.165, 1.54) is 0 Å². The van der Waals surface area contributed by atoms with E-state index in [0.29, 0.717) is 0 Å². The maximum atomic E-state index is 11.4. The van der Waals surface area contributed by atoms with Crippen molar-refractivity contribution in [3.8, 4) is 0 Å².